The standard InChI is InChI=1S/C19H20N4O2S/c1-22(15-9-5-4-6-10-15)17(24)13-26-19-21-20-18(23(19)2)14-8-7-11-16(12-14)25-3/h4-12H,13H2,1-3H3. The molecular weight excluding hydrogens is 348 g/mol. The molecule has 0 saturated carbocycles. The molecule has 0 aliphatic carbocycles. The number of benzene rings is 2. The molecule has 0 atom stereocenters. The average Bonchev–Trinajstić information content (AvgIpc) is 3.06. The number of carbonyl (C=O) groups excluding carboxylic acids is 1. The number of hydrogen-bond acceptors (Lipinski definition) is 5. The monoisotopic (exact) mass is 368 g/mol. The Morgan fingerprint density at radius 1 is 1.15 bits per heavy atom. The number of para-hydroxylation sites is 1. The van der Waals surface area contributed by atoms with Crippen molar-refractivity contribution >= 4 is 23.4 Å². The van der Waals surface area contributed by atoms with Crippen molar-refractivity contribution in [1.29, 1.82) is 0 Å². The predicted octanol–water partition coefficient (Wildman–Crippen LogP) is 3.25. The Balaban J connectivity index is 1.69. The molecule has 0 bridgehead atoms. The smallest absolute Gasteiger partial charge is 0.237 e. The molecule has 6 nitrogen and oxygen atoms in total. The Labute approximate surface area is 156 Å². The van der Waals surface area contributed by atoms with Crippen molar-refractivity contribution in [2.45, 2.75) is 5.16 Å². The number of ether oxygens (including phenoxy) is 1. The number of amides is 1. The Kier molecular flexibility index (Phi) is 5.58. The van der Waals surface area contributed by atoms with E-state index in [4.69, 9.17) is 4.74 Å². The minimum Gasteiger partial charge on any atom is -0.497 e. The van der Waals surface area contributed by atoms with Crippen molar-refractivity contribution in [2.24, 2.45) is 7.05 Å². The van der Waals surface area contributed by atoms with Crippen LogP contribution in [-0.4, -0.2) is 40.6 Å². The maximum absolute atomic E-state index is 12.4. The van der Waals surface area contributed by atoms with E-state index in [1.807, 2.05) is 66.2 Å². The molecule has 0 N–H and O–H groups in total. The Hall–Kier alpha value is -2.80. The summed E-state index contributed by atoms with van der Waals surface area (Å²) in [6.45, 7) is 0. The summed E-state index contributed by atoms with van der Waals surface area (Å²) >= 11 is 1.37. The highest BCUT2D eigenvalue weighted by atomic mass is 32.2. The van der Waals surface area contributed by atoms with E-state index < -0.39 is 0 Å². The van der Waals surface area contributed by atoms with Gasteiger partial charge >= 0.3 is 0 Å². The van der Waals surface area contributed by atoms with Gasteiger partial charge in [-0.3, -0.25) is 4.79 Å². The van der Waals surface area contributed by atoms with Crippen LogP contribution in [0.5, 0.6) is 5.75 Å². The molecule has 134 valence electrons. The average molecular weight is 368 g/mol. The molecule has 1 amide bonds. The van der Waals surface area contributed by atoms with Gasteiger partial charge in [-0.05, 0) is 24.3 Å². The van der Waals surface area contributed by atoms with Crippen molar-refractivity contribution in [3.8, 4) is 17.1 Å². The lowest BCUT2D eigenvalue weighted by molar-refractivity contribution is -0.115. The van der Waals surface area contributed by atoms with E-state index in [0.717, 1.165) is 22.8 Å². The summed E-state index contributed by atoms with van der Waals surface area (Å²) in [7, 11) is 5.30. The fourth-order valence-corrected chi connectivity index (χ4v) is 3.30. The molecule has 7 heteroatoms. The van der Waals surface area contributed by atoms with E-state index in [1.165, 1.54) is 11.8 Å². The van der Waals surface area contributed by atoms with Crippen LogP contribution in [0.1, 0.15) is 0 Å². The topological polar surface area (TPSA) is 60.3 Å². The second kappa shape index (κ2) is 8.05. The molecule has 0 unspecified atom stereocenters. The highest BCUT2D eigenvalue weighted by Gasteiger charge is 2.16. The zero-order valence-electron chi connectivity index (χ0n) is 14.9. The van der Waals surface area contributed by atoms with Gasteiger partial charge in [-0.15, -0.1) is 10.2 Å². The number of carbonyl (C=O) groups is 1. The van der Waals surface area contributed by atoms with E-state index in [9.17, 15) is 4.79 Å². The number of hydrogen-bond donors (Lipinski definition) is 0. The number of methoxy groups -OCH3 is 1. The fraction of sp³-hybridized carbons (Fsp3) is 0.211. The first-order valence-electron chi connectivity index (χ1n) is 8.08. The quantitative estimate of drug-likeness (QED) is 0.625. The van der Waals surface area contributed by atoms with Crippen molar-refractivity contribution < 1.29 is 9.53 Å². The fourth-order valence-electron chi connectivity index (χ4n) is 2.47. The summed E-state index contributed by atoms with van der Waals surface area (Å²) in [6.07, 6.45) is 0. The van der Waals surface area contributed by atoms with Crippen LogP contribution in [0.4, 0.5) is 5.69 Å². The summed E-state index contributed by atoms with van der Waals surface area (Å²) in [4.78, 5) is 14.1. The zero-order valence-corrected chi connectivity index (χ0v) is 15.7. The number of nitrogens with zero attached hydrogens (tertiary/aromatic N) is 4. The van der Waals surface area contributed by atoms with E-state index in [0.29, 0.717) is 5.16 Å². The van der Waals surface area contributed by atoms with Gasteiger partial charge in [-0.1, -0.05) is 42.1 Å². The molecule has 2 aromatic carbocycles. The molecule has 1 aromatic heterocycles. The van der Waals surface area contributed by atoms with Crippen LogP contribution in [-0.2, 0) is 11.8 Å². The maximum atomic E-state index is 12.4. The first-order valence-corrected chi connectivity index (χ1v) is 9.07. The van der Waals surface area contributed by atoms with Crippen molar-refractivity contribution in [3.63, 3.8) is 0 Å². The van der Waals surface area contributed by atoms with Crippen molar-refractivity contribution in [3.05, 3.63) is 54.6 Å². The van der Waals surface area contributed by atoms with E-state index in [1.54, 1.807) is 19.1 Å². The van der Waals surface area contributed by atoms with Gasteiger partial charge in [0.1, 0.15) is 5.75 Å². The van der Waals surface area contributed by atoms with Gasteiger partial charge in [0.2, 0.25) is 5.91 Å². The predicted molar refractivity (Wildman–Crippen MR) is 104 cm³/mol. The van der Waals surface area contributed by atoms with Crippen molar-refractivity contribution in [1.82, 2.24) is 14.8 Å². The zero-order chi connectivity index (χ0) is 18.5. The van der Waals surface area contributed by atoms with Gasteiger partial charge in [-0.2, -0.15) is 0 Å². The van der Waals surface area contributed by atoms with Crippen LogP contribution < -0.4 is 9.64 Å². The third-order valence-corrected chi connectivity index (χ3v) is 5.01. The summed E-state index contributed by atoms with van der Waals surface area (Å²) in [5.41, 5.74) is 1.78. The molecule has 1 heterocycles. The first-order chi connectivity index (χ1) is 12.6. The molecular formula is C19H20N4O2S. The third-order valence-electron chi connectivity index (χ3n) is 4.01. The van der Waals surface area contributed by atoms with Crippen LogP contribution in [0, 0.1) is 0 Å². The first kappa shape index (κ1) is 18.0. The van der Waals surface area contributed by atoms with E-state index in [2.05, 4.69) is 10.2 Å². The van der Waals surface area contributed by atoms with Gasteiger partial charge in [0.15, 0.2) is 11.0 Å². The molecule has 3 aromatic rings. The van der Waals surface area contributed by atoms with Gasteiger partial charge in [-0.25, -0.2) is 0 Å². The Morgan fingerprint density at radius 2 is 1.92 bits per heavy atom. The van der Waals surface area contributed by atoms with Crippen LogP contribution in [0.15, 0.2) is 59.8 Å². The lowest BCUT2D eigenvalue weighted by Crippen LogP contribution is -2.27. The van der Waals surface area contributed by atoms with Gasteiger partial charge in [0.05, 0.1) is 12.9 Å². The number of rotatable bonds is 6. The number of aromatic nitrogens is 3. The van der Waals surface area contributed by atoms with Gasteiger partial charge in [0.25, 0.3) is 0 Å². The molecule has 0 aliphatic heterocycles. The lowest BCUT2D eigenvalue weighted by Gasteiger charge is -2.16. The minimum atomic E-state index is 0.00660. The van der Waals surface area contributed by atoms with Crippen LogP contribution in [0.2, 0.25) is 0 Å². The molecule has 0 saturated heterocycles. The summed E-state index contributed by atoms with van der Waals surface area (Å²) in [5.74, 6) is 1.79. The largest absolute Gasteiger partial charge is 0.497 e. The number of anilines is 1. The lowest BCUT2D eigenvalue weighted by atomic mass is 10.2. The summed E-state index contributed by atoms with van der Waals surface area (Å²) in [6, 6.07) is 17.2. The Morgan fingerprint density at radius 3 is 2.65 bits per heavy atom. The van der Waals surface area contributed by atoms with E-state index in [-0.39, 0.29) is 11.7 Å². The molecule has 26 heavy (non-hydrogen) atoms. The van der Waals surface area contributed by atoms with Crippen LogP contribution >= 0.6 is 11.8 Å². The third kappa shape index (κ3) is 3.88. The molecule has 0 aliphatic rings. The SMILES string of the molecule is COc1cccc(-c2nnc(SCC(=O)N(C)c3ccccc3)n2C)c1. The molecule has 0 spiro atoms. The minimum absolute atomic E-state index is 0.00660. The second-order valence-electron chi connectivity index (χ2n) is 5.67. The van der Waals surface area contributed by atoms with Crippen molar-refractivity contribution in [2.75, 3.05) is 24.8 Å². The summed E-state index contributed by atoms with van der Waals surface area (Å²) < 4.78 is 7.14. The Bertz CT molecular complexity index is 896. The molecule has 0 radical (unpaired) electrons. The number of thioether (sulfide) groups is 1. The normalized spacial score (nSPS) is 10.6. The molecule has 0 fully saturated rings. The van der Waals surface area contributed by atoms with Crippen LogP contribution in [0.3, 0.4) is 0 Å². The van der Waals surface area contributed by atoms with Crippen LogP contribution in [0.25, 0.3) is 11.4 Å². The second-order valence-corrected chi connectivity index (χ2v) is 6.62. The summed E-state index contributed by atoms with van der Waals surface area (Å²) in [5, 5.41) is 9.16. The van der Waals surface area contributed by atoms with Gasteiger partial charge in [0, 0.05) is 25.3 Å². The highest BCUT2D eigenvalue weighted by molar-refractivity contribution is 7.99. The highest BCUT2D eigenvalue weighted by Crippen LogP contribution is 2.25. The van der Waals surface area contributed by atoms with E-state index >= 15 is 0 Å². The maximum Gasteiger partial charge on any atom is 0.237 e. The van der Waals surface area contributed by atoms with Gasteiger partial charge < -0.3 is 14.2 Å². The molecule has 3 rings (SSSR count).